The minimum atomic E-state index is 0.142. The lowest BCUT2D eigenvalue weighted by molar-refractivity contribution is 0.371. The lowest BCUT2D eigenvalue weighted by Gasteiger charge is -2.06. The maximum absolute atomic E-state index is 9.78. The number of aryl methyl sites for hydroxylation is 1. The summed E-state index contributed by atoms with van der Waals surface area (Å²) >= 11 is 8.11. The van der Waals surface area contributed by atoms with Crippen LogP contribution in [-0.4, -0.2) is 18.4 Å². The molecule has 0 aliphatic carbocycles. The zero-order valence-electron chi connectivity index (χ0n) is 11.0. The highest BCUT2D eigenvalue weighted by Crippen LogP contribution is 2.32. The van der Waals surface area contributed by atoms with Crippen molar-refractivity contribution in [3.8, 4) is 11.5 Å². The Morgan fingerprint density at radius 2 is 2.05 bits per heavy atom. The number of halogens is 2. The molecule has 0 aliphatic heterocycles. The lowest BCUT2D eigenvalue weighted by atomic mass is 10.2. The summed E-state index contributed by atoms with van der Waals surface area (Å²) in [6.45, 7) is 1.95. The highest BCUT2D eigenvalue weighted by molar-refractivity contribution is 14.1. The van der Waals surface area contributed by atoms with E-state index in [4.69, 9.17) is 16.3 Å². The van der Waals surface area contributed by atoms with Gasteiger partial charge in [0.05, 0.1) is 16.4 Å². The standard InChI is InChI=1S/C15H13ClINO2/c1-9-3-4-11(7-12(9)16)18-8-10-5-13(17)15(19)14(6-10)20-2/h3-8,19H,1-2H3. The average molecular weight is 402 g/mol. The van der Waals surface area contributed by atoms with Crippen molar-refractivity contribution in [2.45, 2.75) is 6.92 Å². The molecule has 0 aliphatic rings. The van der Waals surface area contributed by atoms with E-state index in [-0.39, 0.29) is 5.75 Å². The van der Waals surface area contributed by atoms with Gasteiger partial charge in [-0.3, -0.25) is 4.99 Å². The van der Waals surface area contributed by atoms with Crippen LogP contribution in [0.4, 0.5) is 5.69 Å². The number of aromatic hydroxyl groups is 1. The maximum atomic E-state index is 9.78. The van der Waals surface area contributed by atoms with Gasteiger partial charge in [0.1, 0.15) is 0 Å². The van der Waals surface area contributed by atoms with E-state index in [0.29, 0.717) is 14.3 Å². The number of rotatable bonds is 3. The number of phenolic OH excluding ortho intramolecular Hbond substituents is 1. The number of methoxy groups -OCH3 is 1. The van der Waals surface area contributed by atoms with Gasteiger partial charge in [-0.25, -0.2) is 0 Å². The van der Waals surface area contributed by atoms with Crippen LogP contribution in [0.1, 0.15) is 11.1 Å². The summed E-state index contributed by atoms with van der Waals surface area (Å²) in [5, 5.41) is 10.5. The second-order valence-corrected chi connectivity index (χ2v) is 5.81. The Morgan fingerprint density at radius 3 is 2.70 bits per heavy atom. The predicted octanol–water partition coefficient (Wildman–Crippen LogP) is 4.72. The minimum absolute atomic E-state index is 0.142. The lowest BCUT2D eigenvalue weighted by Crippen LogP contribution is -1.90. The molecule has 3 nitrogen and oxygen atoms in total. The van der Waals surface area contributed by atoms with Crippen LogP contribution in [0.3, 0.4) is 0 Å². The molecule has 0 radical (unpaired) electrons. The van der Waals surface area contributed by atoms with Gasteiger partial charge >= 0.3 is 0 Å². The molecule has 0 aromatic heterocycles. The van der Waals surface area contributed by atoms with Gasteiger partial charge in [-0.15, -0.1) is 0 Å². The molecular formula is C15H13ClINO2. The molecule has 0 unspecified atom stereocenters. The average Bonchev–Trinajstić information content (AvgIpc) is 2.43. The highest BCUT2D eigenvalue weighted by Gasteiger charge is 2.07. The van der Waals surface area contributed by atoms with Gasteiger partial charge in [-0.05, 0) is 64.9 Å². The summed E-state index contributed by atoms with van der Waals surface area (Å²) in [6.07, 6.45) is 1.71. The van der Waals surface area contributed by atoms with E-state index in [0.717, 1.165) is 16.8 Å². The smallest absolute Gasteiger partial charge is 0.171 e. The molecule has 0 heterocycles. The monoisotopic (exact) mass is 401 g/mol. The molecule has 2 rings (SSSR count). The first-order valence-corrected chi connectivity index (χ1v) is 7.33. The van der Waals surface area contributed by atoms with E-state index in [1.165, 1.54) is 7.11 Å². The quantitative estimate of drug-likeness (QED) is 0.597. The maximum Gasteiger partial charge on any atom is 0.171 e. The van der Waals surface area contributed by atoms with Crippen LogP contribution in [-0.2, 0) is 0 Å². The van der Waals surface area contributed by atoms with Crippen LogP contribution in [0.2, 0.25) is 5.02 Å². The Morgan fingerprint density at radius 1 is 1.30 bits per heavy atom. The zero-order chi connectivity index (χ0) is 14.7. The van der Waals surface area contributed by atoms with E-state index in [1.54, 1.807) is 12.3 Å². The molecule has 2 aromatic carbocycles. The summed E-state index contributed by atoms with van der Waals surface area (Å²) in [4.78, 5) is 4.37. The number of hydrogen-bond donors (Lipinski definition) is 1. The largest absolute Gasteiger partial charge is 0.504 e. The minimum Gasteiger partial charge on any atom is -0.504 e. The molecule has 2 aromatic rings. The first-order valence-electron chi connectivity index (χ1n) is 5.88. The first-order chi connectivity index (χ1) is 9.51. The summed E-state index contributed by atoms with van der Waals surface area (Å²) in [7, 11) is 1.52. The molecule has 1 N–H and O–H groups in total. The topological polar surface area (TPSA) is 41.8 Å². The van der Waals surface area contributed by atoms with Gasteiger partial charge in [0.25, 0.3) is 0 Å². The molecular weight excluding hydrogens is 389 g/mol. The van der Waals surface area contributed by atoms with Crippen LogP contribution in [0, 0.1) is 10.5 Å². The van der Waals surface area contributed by atoms with E-state index in [9.17, 15) is 5.11 Å². The Hall–Kier alpha value is -1.27. The molecule has 0 fully saturated rings. The van der Waals surface area contributed by atoms with Crippen LogP contribution in [0.5, 0.6) is 11.5 Å². The molecule has 0 saturated carbocycles. The summed E-state index contributed by atoms with van der Waals surface area (Å²) in [6, 6.07) is 9.21. The van der Waals surface area contributed by atoms with E-state index < -0.39 is 0 Å². The molecule has 20 heavy (non-hydrogen) atoms. The Balaban J connectivity index is 2.31. The fourth-order valence-electron chi connectivity index (χ4n) is 1.64. The fraction of sp³-hybridized carbons (Fsp3) is 0.133. The van der Waals surface area contributed by atoms with Crippen molar-refractivity contribution in [1.29, 1.82) is 0 Å². The third kappa shape index (κ3) is 3.43. The van der Waals surface area contributed by atoms with E-state index in [1.807, 2.05) is 31.2 Å². The number of aliphatic imine (C=N–C) groups is 1. The molecule has 0 amide bonds. The zero-order valence-corrected chi connectivity index (χ0v) is 13.9. The van der Waals surface area contributed by atoms with Crippen molar-refractivity contribution in [3.05, 3.63) is 50.1 Å². The molecule has 0 saturated heterocycles. The number of benzene rings is 2. The summed E-state index contributed by atoms with van der Waals surface area (Å²) in [5.41, 5.74) is 2.65. The second kappa shape index (κ2) is 6.45. The van der Waals surface area contributed by atoms with Gasteiger partial charge in [-0.2, -0.15) is 0 Å². The van der Waals surface area contributed by atoms with Crippen molar-refractivity contribution in [2.24, 2.45) is 4.99 Å². The number of phenols is 1. The van der Waals surface area contributed by atoms with Gasteiger partial charge in [0.2, 0.25) is 0 Å². The highest BCUT2D eigenvalue weighted by atomic mass is 127. The molecule has 0 spiro atoms. The van der Waals surface area contributed by atoms with E-state index in [2.05, 4.69) is 27.6 Å². The number of nitrogens with zero attached hydrogens (tertiary/aromatic N) is 1. The van der Waals surface area contributed by atoms with E-state index >= 15 is 0 Å². The Kier molecular flexibility index (Phi) is 4.88. The molecule has 5 heteroatoms. The third-order valence-corrected chi connectivity index (χ3v) is 4.02. The normalized spacial score (nSPS) is 11.0. The Bertz CT molecular complexity index is 671. The number of ether oxygens (including phenoxy) is 1. The predicted molar refractivity (Wildman–Crippen MR) is 90.8 cm³/mol. The SMILES string of the molecule is COc1cc(C=Nc2ccc(C)c(Cl)c2)cc(I)c1O. The van der Waals surface area contributed by atoms with Crippen molar-refractivity contribution in [2.75, 3.05) is 7.11 Å². The van der Waals surface area contributed by atoms with Crippen molar-refractivity contribution >= 4 is 46.1 Å². The van der Waals surface area contributed by atoms with Gasteiger partial charge in [-0.1, -0.05) is 17.7 Å². The fourth-order valence-corrected chi connectivity index (χ4v) is 2.44. The van der Waals surface area contributed by atoms with Gasteiger partial charge in [0.15, 0.2) is 11.5 Å². The summed E-state index contributed by atoms with van der Waals surface area (Å²) in [5.74, 6) is 0.573. The Labute approximate surface area is 136 Å². The van der Waals surface area contributed by atoms with Crippen molar-refractivity contribution < 1.29 is 9.84 Å². The second-order valence-electron chi connectivity index (χ2n) is 4.25. The molecule has 0 atom stereocenters. The molecule has 0 bridgehead atoms. The van der Waals surface area contributed by atoms with Crippen LogP contribution in [0.25, 0.3) is 0 Å². The van der Waals surface area contributed by atoms with Crippen LogP contribution in [0.15, 0.2) is 35.3 Å². The van der Waals surface area contributed by atoms with Gasteiger partial charge in [0, 0.05) is 11.2 Å². The van der Waals surface area contributed by atoms with Crippen LogP contribution >= 0.6 is 34.2 Å². The molecule has 104 valence electrons. The number of hydrogen-bond acceptors (Lipinski definition) is 3. The van der Waals surface area contributed by atoms with Crippen LogP contribution < -0.4 is 4.74 Å². The summed E-state index contributed by atoms with van der Waals surface area (Å²) < 4.78 is 5.83. The third-order valence-electron chi connectivity index (χ3n) is 2.79. The van der Waals surface area contributed by atoms with Gasteiger partial charge < -0.3 is 9.84 Å². The first kappa shape index (κ1) is 15.1. The van der Waals surface area contributed by atoms with Crippen molar-refractivity contribution in [3.63, 3.8) is 0 Å². The van der Waals surface area contributed by atoms with Crippen molar-refractivity contribution in [1.82, 2.24) is 0 Å².